The van der Waals surface area contributed by atoms with Crippen molar-refractivity contribution in [1.82, 2.24) is 14.8 Å². The van der Waals surface area contributed by atoms with Crippen LogP contribution in [0.15, 0.2) is 53.6 Å². The summed E-state index contributed by atoms with van der Waals surface area (Å²) in [7, 11) is 3.32. The summed E-state index contributed by atoms with van der Waals surface area (Å²) in [6, 6.07) is 15.6. The van der Waals surface area contributed by atoms with E-state index in [9.17, 15) is 4.79 Å². The normalized spacial score (nSPS) is 19.7. The number of carbonyl (C=O) groups excluding carboxylic acids is 1. The van der Waals surface area contributed by atoms with Gasteiger partial charge in [0.1, 0.15) is 11.5 Å². The van der Waals surface area contributed by atoms with Crippen molar-refractivity contribution < 1.29 is 14.3 Å². The molecule has 1 unspecified atom stereocenters. The van der Waals surface area contributed by atoms with Crippen molar-refractivity contribution >= 4 is 11.6 Å². The van der Waals surface area contributed by atoms with Crippen LogP contribution in [0.25, 0.3) is 0 Å². The van der Waals surface area contributed by atoms with Crippen LogP contribution in [0.4, 0.5) is 0 Å². The molecule has 2 heterocycles. The Labute approximate surface area is 190 Å². The van der Waals surface area contributed by atoms with Crippen LogP contribution in [-0.2, 0) is 4.79 Å². The highest BCUT2D eigenvalue weighted by Crippen LogP contribution is 2.35. The lowest BCUT2D eigenvalue weighted by Gasteiger charge is -2.34. The third-order valence-electron chi connectivity index (χ3n) is 6.36. The number of nitrogens with zero attached hydrogens (tertiary/aromatic N) is 4. The molecule has 1 fully saturated rings. The maximum Gasteiger partial charge on any atom is 0.257 e. The number of hydrogen-bond donors (Lipinski definition) is 0. The molecule has 1 amide bonds. The fraction of sp³-hybridized carbons (Fsp3) is 0.440. The van der Waals surface area contributed by atoms with Gasteiger partial charge in [0.2, 0.25) is 0 Å². The minimum Gasteiger partial charge on any atom is -0.497 e. The maximum absolute atomic E-state index is 13.4. The number of para-hydroxylation sites is 1. The summed E-state index contributed by atoms with van der Waals surface area (Å²) in [5.41, 5.74) is 2.84. The first kappa shape index (κ1) is 22.3. The van der Waals surface area contributed by atoms with E-state index in [4.69, 9.17) is 14.6 Å². The number of hydrazone groups is 1. The predicted octanol–water partition coefficient (Wildman–Crippen LogP) is 3.02. The van der Waals surface area contributed by atoms with Crippen molar-refractivity contribution in [3.8, 4) is 11.5 Å². The molecule has 2 aliphatic rings. The molecule has 1 atom stereocenters. The Morgan fingerprint density at radius 1 is 0.969 bits per heavy atom. The third-order valence-corrected chi connectivity index (χ3v) is 6.36. The van der Waals surface area contributed by atoms with Gasteiger partial charge in [-0.1, -0.05) is 31.2 Å². The number of methoxy groups -OCH3 is 2. The Hall–Kier alpha value is -2.90. The molecule has 0 N–H and O–H groups in total. The second kappa shape index (κ2) is 10.1. The van der Waals surface area contributed by atoms with Gasteiger partial charge in [0, 0.05) is 38.2 Å². The van der Waals surface area contributed by atoms with Gasteiger partial charge in [0.15, 0.2) is 0 Å². The minimum absolute atomic E-state index is 0.0284. The zero-order chi connectivity index (χ0) is 22.5. The Morgan fingerprint density at radius 3 is 2.31 bits per heavy atom. The van der Waals surface area contributed by atoms with Crippen molar-refractivity contribution in [1.29, 1.82) is 0 Å². The van der Waals surface area contributed by atoms with Gasteiger partial charge in [-0.3, -0.25) is 9.69 Å². The first-order valence-electron chi connectivity index (χ1n) is 11.2. The van der Waals surface area contributed by atoms with Crippen LogP contribution in [0.1, 0.15) is 30.5 Å². The monoisotopic (exact) mass is 436 g/mol. The number of likely N-dealkylation sites (N-methyl/N-ethyl adjacent to an activating group) is 1. The highest BCUT2D eigenvalue weighted by atomic mass is 16.5. The van der Waals surface area contributed by atoms with Gasteiger partial charge < -0.3 is 14.4 Å². The molecule has 0 bridgehead atoms. The van der Waals surface area contributed by atoms with Crippen molar-refractivity contribution in [3.63, 3.8) is 0 Å². The first-order chi connectivity index (χ1) is 15.6. The molecule has 0 radical (unpaired) electrons. The molecule has 0 spiro atoms. The Balaban J connectivity index is 1.58. The molecule has 0 saturated carbocycles. The second-order valence-corrected chi connectivity index (χ2v) is 8.19. The van der Waals surface area contributed by atoms with E-state index in [1.54, 1.807) is 19.2 Å². The molecular weight excluding hydrogens is 404 g/mol. The van der Waals surface area contributed by atoms with E-state index < -0.39 is 0 Å². The number of benzene rings is 2. The Morgan fingerprint density at radius 2 is 1.66 bits per heavy atom. The van der Waals surface area contributed by atoms with Crippen LogP contribution >= 0.6 is 0 Å². The summed E-state index contributed by atoms with van der Waals surface area (Å²) < 4.78 is 10.9. The van der Waals surface area contributed by atoms with E-state index in [1.165, 1.54) is 0 Å². The zero-order valence-electron chi connectivity index (χ0n) is 19.2. The van der Waals surface area contributed by atoms with Crippen LogP contribution in [0.3, 0.4) is 0 Å². The van der Waals surface area contributed by atoms with Crippen LogP contribution in [0.5, 0.6) is 11.5 Å². The van der Waals surface area contributed by atoms with Crippen LogP contribution in [-0.4, -0.2) is 79.9 Å². The molecule has 32 heavy (non-hydrogen) atoms. The standard InChI is InChI=1S/C25H32N4O3/c1-4-27-13-15-28(16-14-27)18-25(30)29-23(19-9-11-20(31-2)12-10-19)17-22(26-29)21-7-5-6-8-24(21)32-3/h5-12,23H,4,13-18H2,1-3H3. The first-order valence-corrected chi connectivity index (χ1v) is 11.2. The number of carbonyl (C=O) groups is 1. The van der Waals surface area contributed by atoms with Gasteiger partial charge in [-0.05, 0) is 36.4 Å². The molecule has 0 aromatic heterocycles. The Kier molecular flexibility index (Phi) is 7.07. The SMILES string of the molecule is CCN1CCN(CC(=O)N2N=C(c3ccccc3OC)CC2c2ccc(OC)cc2)CC1. The smallest absolute Gasteiger partial charge is 0.257 e. The number of amides is 1. The predicted molar refractivity (Wildman–Crippen MR) is 125 cm³/mol. The molecule has 170 valence electrons. The van der Waals surface area contributed by atoms with Crippen LogP contribution in [0, 0.1) is 0 Å². The highest BCUT2D eigenvalue weighted by Gasteiger charge is 2.34. The average Bonchev–Trinajstić information content (AvgIpc) is 3.30. The van der Waals surface area contributed by atoms with Crippen molar-refractivity contribution in [2.24, 2.45) is 5.10 Å². The minimum atomic E-state index is -0.148. The van der Waals surface area contributed by atoms with Crippen LogP contribution < -0.4 is 9.47 Å². The molecule has 0 aliphatic carbocycles. The van der Waals surface area contributed by atoms with Gasteiger partial charge in [-0.2, -0.15) is 5.10 Å². The van der Waals surface area contributed by atoms with E-state index >= 15 is 0 Å². The van der Waals surface area contributed by atoms with Crippen molar-refractivity contribution in [3.05, 3.63) is 59.7 Å². The number of rotatable bonds is 7. The summed E-state index contributed by atoms with van der Waals surface area (Å²) >= 11 is 0. The van der Waals surface area contributed by atoms with E-state index in [1.807, 2.05) is 48.5 Å². The third kappa shape index (κ3) is 4.79. The fourth-order valence-electron chi connectivity index (χ4n) is 4.40. The van der Waals surface area contributed by atoms with Gasteiger partial charge in [-0.15, -0.1) is 0 Å². The molecule has 1 saturated heterocycles. The molecule has 2 aliphatic heterocycles. The van der Waals surface area contributed by atoms with E-state index in [0.717, 1.165) is 61.1 Å². The van der Waals surface area contributed by atoms with E-state index in [2.05, 4.69) is 16.7 Å². The largest absolute Gasteiger partial charge is 0.497 e. The van der Waals surface area contributed by atoms with Gasteiger partial charge in [0.25, 0.3) is 5.91 Å². The maximum atomic E-state index is 13.4. The lowest BCUT2D eigenvalue weighted by Crippen LogP contribution is -2.49. The van der Waals surface area contributed by atoms with Crippen molar-refractivity contribution in [2.45, 2.75) is 19.4 Å². The number of ether oxygens (including phenoxy) is 2. The molecule has 2 aromatic carbocycles. The van der Waals surface area contributed by atoms with E-state index in [0.29, 0.717) is 13.0 Å². The van der Waals surface area contributed by atoms with Gasteiger partial charge >= 0.3 is 0 Å². The average molecular weight is 437 g/mol. The lowest BCUT2D eigenvalue weighted by atomic mass is 9.98. The summed E-state index contributed by atoms with van der Waals surface area (Å²) in [5.74, 6) is 1.59. The molecular formula is C25H32N4O3. The molecule has 4 rings (SSSR count). The quantitative estimate of drug-likeness (QED) is 0.668. The Bertz CT molecular complexity index is 952. The van der Waals surface area contributed by atoms with E-state index in [-0.39, 0.29) is 11.9 Å². The number of hydrogen-bond acceptors (Lipinski definition) is 6. The van der Waals surface area contributed by atoms with Gasteiger partial charge in [-0.25, -0.2) is 5.01 Å². The topological polar surface area (TPSA) is 57.6 Å². The molecule has 7 heteroatoms. The molecule has 2 aromatic rings. The zero-order valence-corrected chi connectivity index (χ0v) is 19.2. The van der Waals surface area contributed by atoms with Gasteiger partial charge in [0.05, 0.1) is 32.5 Å². The molecule has 7 nitrogen and oxygen atoms in total. The van der Waals surface area contributed by atoms with Crippen molar-refractivity contribution in [2.75, 3.05) is 53.5 Å². The summed E-state index contributed by atoms with van der Waals surface area (Å²) in [5, 5.41) is 6.49. The highest BCUT2D eigenvalue weighted by molar-refractivity contribution is 6.05. The fourth-order valence-corrected chi connectivity index (χ4v) is 4.40. The summed E-state index contributed by atoms with van der Waals surface area (Å²) in [4.78, 5) is 18.1. The second-order valence-electron chi connectivity index (χ2n) is 8.19. The summed E-state index contributed by atoms with van der Waals surface area (Å²) in [6.07, 6.45) is 0.641. The number of piperazine rings is 1. The lowest BCUT2D eigenvalue weighted by molar-refractivity contribution is -0.134. The summed E-state index contributed by atoms with van der Waals surface area (Å²) in [6.45, 7) is 7.43. The van der Waals surface area contributed by atoms with Crippen LogP contribution in [0.2, 0.25) is 0 Å².